The van der Waals surface area contributed by atoms with Crippen molar-refractivity contribution in [1.82, 2.24) is 0 Å². The molecule has 24 heavy (non-hydrogen) atoms. The number of quaternary nitrogens is 1. The maximum atomic E-state index is 2.40. The number of hydrogen-bond donors (Lipinski definition) is 1. The summed E-state index contributed by atoms with van der Waals surface area (Å²) in [6.07, 6.45) is 14.1. The lowest BCUT2D eigenvalue weighted by atomic mass is 9.89. The van der Waals surface area contributed by atoms with Crippen molar-refractivity contribution < 1.29 is 21.9 Å². The van der Waals surface area contributed by atoms with Gasteiger partial charge in [0, 0.05) is 5.92 Å². The van der Waals surface area contributed by atoms with Gasteiger partial charge in [-0.25, -0.2) is 0 Å². The summed E-state index contributed by atoms with van der Waals surface area (Å²) < 4.78 is 0. The van der Waals surface area contributed by atoms with E-state index < -0.39 is 0 Å². The second-order valence-electron chi connectivity index (χ2n) is 7.50. The zero-order valence-corrected chi connectivity index (χ0v) is 18.1. The van der Waals surface area contributed by atoms with E-state index in [2.05, 4.69) is 58.3 Å². The molecule has 1 nitrogen and oxygen atoms in total. The Morgan fingerprint density at radius 2 is 1.29 bits per heavy atom. The van der Waals surface area contributed by atoms with Crippen molar-refractivity contribution >= 4 is 0 Å². The molecule has 2 heteroatoms. The monoisotopic (exact) mass is 397 g/mol. The second-order valence-corrected chi connectivity index (χ2v) is 7.50. The fraction of sp³-hybridized carbons (Fsp3) is 0.727. The third-order valence-electron chi connectivity index (χ3n) is 5.29. The van der Waals surface area contributed by atoms with E-state index in [0.717, 1.165) is 6.04 Å². The highest BCUT2D eigenvalue weighted by Crippen LogP contribution is 2.21. The van der Waals surface area contributed by atoms with Crippen molar-refractivity contribution in [3.63, 3.8) is 0 Å². The Morgan fingerprint density at radius 3 is 1.79 bits per heavy atom. The third kappa shape index (κ3) is 9.84. The highest BCUT2D eigenvalue weighted by Gasteiger charge is 2.23. The minimum Gasteiger partial charge on any atom is -1.00 e. The summed E-state index contributed by atoms with van der Waals surface area (Å²) in [6.45, 7) is 4.69. The van der Waals surface area contributed by atoms with Gasteiger partial charge in [0.05, 0.1) is 20.1 Å². The van der Waals surface area contributed by atoms with Crippen molar-refractivity contribution in [1.29, 1.82) is 0 Å². The van der Waals surface area contributed by atoms with Crippen molar-refractivity contribution in [2.24, 2.45) is 0 Å². The van der Waals surface area contributed by atoms with Crippen LogP contribution in [0.1, 0.15) is 89.5 Å². The lowest BCUT2D eigenvalue weighted by molar-refractivity contribution is -0.888. The third-order valence-corrected chi connectivity index (χ3v) is 5.29. The quantitative estimate of drug-likeness (QED) is 0.486. The number of unbranched alkanes of at least 4 members (excludes halogenated alkanes) is 8. The molecule has 0 saturated heterocycles. The Balaban J connectivity index is 0.00000529. The van der Waals surface area contributed by atoms with Crippen LogP contribution in [0.3, 0.4) is 0 Å². The van der Waals surface area contributed by atoms with Gasteiger partial charge >= 0.3 is 0 Å². The molecule has 0 aliphatic heterocycles. The minimum absolute atomic E-state index is 0. The summed E-state index contributed by atoms with van der Waals surface area (Å²) in [5.74, 6) is 0.648. The smallest absolute Gasteiger partial charge is 0.0937 e. The van der Waals surface area contributed by atoms with Gasteiger partial charge in [0.25, 0.3) is 0 Å². The summed E-state index contributed by atoms with van der Waals surface area (Å²) in [4.78, 5) is 1.60. The average molecular weight is 398 g/mol. The molecule has 0 aliphatic rings. The number of hydrogen-bond acceptors (Lipinski definition) is 0. The van der Waals surface area contributed by atoms with Crippen LogP contribution >= 0.6 is 0 Å². The van der Waals surface area contributed by atoms with Gasteiger partial charge in [0.1, 0.15) is 0 Å². The summed E-state index contributed by atoms with van der Waals surface area (Å²) in [7, 11) is 4.63. The molecule has 1 aromatic carbocycles. The van der Waals surface area contributed by atoms with Gasteiger partial charge in [-0.2, -0.15) is 0 Å². The van der Waals surface area contributed by atoms with E-state index in [-0.39, 0.29) is 17.0 Å². The SMILES string of the molecule is CCCCCCCCCCCC(C(C)c1ccccc1)[NH+](C)C.[Br-]. The van der Waals surface area contributed by atoms with Gasteiger partial charge in [-0.15, -0.1) is 0 Å². The number of halogens is 1. The Bertz CT molecular complexity index is 377. The van der Waals surface area contributed by atoms with Crippen molar-refractivity contribution in [2.45, 2.75) is 90.0 Å². The molecule has 0 radical (unpaired) electrons. The van der Waals surface area contributed by atoms with E-state index >= 15 is 0 Å². The van der Waals surface area contributed by atoms with Crippen molar-refractivity contribution in [2.75, 3.05) is 14.1 Å². The maximum absolute atomic E-state index is 2.40. The summed E-state index contributed by atoms with van der Waals surface area (Å²) in [5.41, 5.74) is 1.50. The van der Waals surface area contributed by atoms with E-state index in [9.17, 15) is 0 Å². The van der Waals surface area contributed by atoms with Crippen LogP contribution in [0.15, 0.2) is 30.3 Å². The van der Waals surface area contributed by atoms with Crippen molar-refractivity contribution in [3.8, 4) is 0 Å². The lowest BCUT2D eigenvalue weighted by Gasteiger charge is -2.27. The molecule has 0 fully saturated rings. The first-order valence-corrected chi connectivity index (χ1v) is 10.0. The Labute approximate surface area is 162 Å². The van der Waals surface area contributed by atoms with Crippen LogP contribution in [0.4, 0.5) is 0 Å². The lowest BCUT2D eigenvalue weighted by Crippen LogP contribution is -3.10. The average Bonchev–Trinajstić information content (AvgIpc) is 2.56. The van der Waals surface area contributed by atoms with Crippen LogP contribution in [0.2, 0.25) is 0 Å². The van der Waals surface area contributed by atoms with E-state index in [1.165, 1.54) is 69.8 Å². The highest BCUT2D eigenvalue weighted by atomic mass is 79.9. The topological polar surface area (TPSA) is 4.44 Å². The fourth-order valence-corrected chi connectivity index (χ4v) is 3.70. The van der Waals surface area contributed by atoms with E-state index in [1.807, 2.05) is 0 Å². The van der Waals surface area contributed by atoms with E-state index in [1.54, 1.807) is 4.90 Å². The first-order valence-electron chi connectivity index (χ1n) is 10.0. The number of benzene rings is 1. The number of likely N-dealkylation sites (N-methyl/N-ethyl adjacent to an activating group) is 1. The molecule has 0 aliphatic carbocycles. The van der Waals surface area contributed by atoms with E-state index in [4.69, 9.17) is 0 Å². The summed E-state index contributed by atoms with van der Waals surface area (Å²) in [6, 6.07) is 11.8. The van der Waals surface area contributed by atoms with Crippen LogP contribution in [-0.4, -0.2) is 20.1 Å². The molecule has 0 aromatic heterocycles. The van der Waals surface area contributed by atoms with Gasteiger partial charge in [-0.3, -0.25) is 0 Å². The van der Waals surface area contributed by atoms with Gasteiger partial charge in [-0.05, 0) is 18.4 Å². The highest BCUT2D eigenvalue weighted by molar-refractivity contribution is 5.19. The Morgan fingerprint density at radius 1 is 0.792 bits per heavy atom. The molecule has 0 heterocycles. The Hall–Kier alpha value is -0.340. The van der Waals surface area contributed by atoms with Crippen LogP contribution in [0.5, 0.6) is 0 Å². The van der Waals surface area contributed by atoms with Crippen LogP contribution < -0.4 is 21.9 Å². The van der Waals surface area contributed by atoms with Gasteiger partial charge in [0.2, 0.25) is 0 Å². The molecule has 1 aromatic rings. The molecule has 0 amide bonds. The summed E-state index contributed by atoms with van der Waals surface area (Å²) in [5, 5.41) is 0. The predicted octanol–water partition coefficient (Wildman–Crippen LogP) is 2.23. The minimum atomic E-state index is 0. The zero-order chi connectivity index (χ0) is 16.9. The van der Waals surface area contributed by atoms with Crippen LogP contribution in [-0.2, 0) is 0 Å². The van der Waals surface area contributed by atoms with Gasteiger partial charge in [-0.1, -0.05) is 95.5 Å². The van der Waals surface area contributed by atoms with E-state index in [0.29, 0.717) is 5.92 Å². The largest absolute Gasteiger partial charge is 1.00 e. The van der Waals surface area contributed by atoms with Gasteiger partial charge in [0.15, 0.2) is 0 Å². The fourth-order valence-electron chi connectivity index (χ4n) is 3.70. The summed E-state index contributed by atoms with van der Waals surface area (Å²) >= 11 is 0. The van der Waals surface area contributed by atoms with Crippen molar-refractivity contribution in [3.05, 3.63) is 35.9 Å². The molecular formula is C22H40BrN. The first-order chi connectivity index (χ1) is 11.2. The number of nitrogens with one attached hydrogen (secondary N) is 1. The van der Waals surface area contributed by atoms with Crippen LogP contribution in [0, 0.1) is 0 Å². The normalized spacial score (nSPS) is 13.5. The molecule has 140 valence electrons. The molecule has 0 saturated carbocycles. The van der Waals surface area contributed by atoms with Crippen LogP contribution in [0.25, 0.3) is 0 Å². The second kappa shape index (κ2) is 15.0. The molecule has 0 bridgehead atoms. The van der Waals surface area contributed by atoms with Gasteiger partial charge < -0.3 is 21.9 Å². The molecule has 1 rings (SSSR count). The zero-order valence-electron chi connectivity index (χ0n) is 16.5. The maximum Gasteiger partial charge on any atom is 0.0937 e. The first kappa shape index (κ1) is 23.7. The molecule has 2 atom stereocenters. The predicted molar refractivity (Wildman–Crippen MR) is 103 cm³/mol. The molecule has 1 N–H and O–H groups in total. The molecule has 0 spiro atoms. The molecule has 2 unspecified atom stereocenters. The number of rotatable bonds is 13. The standard InChI is InChI=1S/C22H39N.BrH/c1-5-6-7-8-9-10-11-12-16-19-22(23(3)4)20(2)21-17-14-13-15-18-21;/h13-15,17-18,20,22H,5-12,16,19H2,1-4H3;1H. The Kier molecular flexibility index (Phi) is 14.7. The molecular weight excluding hydrogens is 358 g/mol.